The van der Waals surface area contributed by atoms with Crippen molar-refractivity contribution in [2.45, 2.75) is 174 Å². The molecule has 0 atom stereocenters. The molecular weight excluding hydrogens is 1080 g/mol. The first-order chi connectivity index (χ1) is 42.4. The zero-order chi connectivity index (χ0) is 58.9. The highest BCUT2D eigenvalue weighted by Crippen LogP contribution is 2.58. The molecule has 0 aliphatic heterocycles. The largest absolute Gasteiger partial charge is 0.243 e. The summed E-state index contributed by atoms with van der Waals surface area (Å²) in [4.78, 5) is 2.52. The highest BCUT2D eigenvalue weighted by Gasteiger charge is 2.44. The van der Waals surface area contributed by atoms with Crippen LogP contribution in [-0.2, 0) is 10.8 Å². The lowest BCUT2D eigenvalue weighted by Gasteiger charge is -2.33. The lowest BCUT2D eigenvalue weighted by Crippen LogP contribution is -2.25. The maximum absolute atomic E-state index is 5.58. The van der Waals surface area contributed by atoms with E-state index in [1.54, 1.807) is 33.8 Å². The van der Waals surface area contributed by atoms with Crippen molar-refractivity contribution >= 4 is 58.0 Å². The number of rotatable bonds is 28. The molecule has 3 nitrogen and oxygen atoms in total. The number of unbranched alkanes of at least 4 members (excludes halogenated alkanes) is 12. The van der Waals surface area contributed by atoms with E-state index in [-0.39, 0.29) is 10.8 Å². The van der Waals surface area contributed by atoms with Gasteiger partial charge in [-0.3, -0.25) is 0 Å². The standard InChI is InChI=1S/C81H86N2OS2/c1-6-10-14-21-45-80(46-22-15-11-7-2)74-51-57(5)31-39-68(74)69-41-35-62(55-76(69)80)72-52-60(33-38-65-30-26-50-86-65)73(53-59(72)32-37-64-29-25-49-85-64)63-36-42-71-70-40-34-61(67-44-43-66(58-27-19-18-20-28-58)78-79(67)83-84-82-78)54-75(70)81(77(71)56-63,47-23-16-12-8-3)48-24-17-13-9-4/h18-20,25-44,49-56H,6-17,21-24,45-48H2,1-5H3/b37-32+,38-33+. The van der Waals surface area contributed by atoms with Crippen LogP contribution in [0.4, 0.5) is 0 Å². The van der Waals surface area contributed by atoms with Gasteiger partial charge in [0.2, 0.25) is 0 Å². The molecule has 0 bridgehead atoms. The van der Waals surface area contributed by atoms with Crippen molar-refractivity contribution in [3.8, 4) is 66.8 Å². The molecule has 0 radical (unpaired) electrons. The summed E-state index contributed by atoms with van der Waals surface area (Å²) in [6.07, 6.45) is 34.0. The van der Waals surface area contributed by atoms with Crippen LogP contribution in [-0.4, -0.2) is 10.3 Å². The van der Waals surface area contributed by atoms with Gasteiger partial charge >= 0.3 is 0 Å². The summed E-state index contributed by atoms with van der Waals surface area (Å²) in [6, 6.07) is 58.7. The lowest BCUT2D eigenvalue weighted by atomic mass is 9.69. The SMILES string of the molecule is CCCCCCC1(CCCCCC)c2cc(C)ccc2-c2ccc(-c3cc(/C=C/c4cccs4)c(-c4ccc5c(c4)C(CCCCCC)(CCCCCC)c4cc(-c6ccc(-c7ccccc7)c7nonc67)ccc4-5)cc3/C=C/c3cccs3)cc21. The molecule has 10 aromatic rings. The van der Waals surface area contributed by atoms with Crippen LogP contribution in [0.3, 0.4) is 0 Å². The summed E-state index contributed by atoms with van der Waals surface area (Å²) >= 11 is 3.61. The summed E-state index contributed by atoms with van der Waals surface area (Å²) in [5, 5.41) is 13.5. The maximum atomic E-state index is 5.58. The normalized spacial score (nSPS) is 13.7. The van der Waals surface area contributed by atoms with Crippen molar-refractivity contribution < 1.29 is 4.63 Å². The summed E-state index contributed by atoms with van der Waals surface area (Å²) in [5.41, 5.74) is 26.4. The van der Waals surface area contributed by atoms with Crippen LogP contribution in [0, 0.1) is 6.92 Å². The first-order valence-electron chi connectivity index (χ1n) is 32.8. The number of hydrogen-bond donors (Lipinski definition) is 0. The van der Waals surface area contributed by atoms with E-state index < -0.39 is 0 Å². The summed E-state index contributed by atoms with van der Waals surface area (Å²) < 4.78 is 5.58. The van der Waals surface area contributed by atoms with E-state index in [2.05, 4.69) is 232 Å². The van der Waals surface area contributed by atoms with Gasteiger partial charge in [0.15, 0.2) is 0 Å². The zero-order valence-corrected chi connectivity index (χ0v) is 53.3. The van der Waals surface area contributed by atoms with E-state index in [1.165, 1.54) is 198 Å². The Morgan fingerprint density at radius 3 is 1.14 bits per heavy atom. The quantitative estimate of drug-likeness (QED) is 0.0459. The number of benzene rings is 7. The molecule has 86 heavy (non-hydrogen) atoms. The molecule has 0 amide bonds. The number of aryl methyl sites for hydroxylation is 1. The molecule has 2 aliphatic carbocycles. The van der Waals surface area contributed by atoms with Gasteiger partial charge in [0.1, 0.15) is 11.0 Å². The Morgan fingerprint density at radius 1 is 0.349 bits per heavy atom. The fourth-order valence-electron chi connectivity index (χ4n) is 14.8. The van der Waals surface area contributed by atoms with Gasteiger partial charge in [-0.25, -0.2) is 4.63 Å². The minimum atomic E-state index is -0.168. The van der Waals surface area contributed by atoms with E-state index in [0.717, 1.165) is 46.1 Å². The molecule has 0 spiro atoms. The first kappa shape index (κ1) is 59.2. The Bertz CT molecular complexity index is 3940. The van der Waals surface area contributed by atoms with E-state index in [9.17, 15) is 0 Å². The number of aromatic nitrogens is 2. The molecule has 3 aromatic heterocycles. The number of fused-ring (bicyclic) bond motifs is 7. The number of hydrogen-bond acceptors (Lipinski definition) is 5. The lowest BCUT2D eigenvalue weighted by molar-refractivity contribution is 0.315. The summed E-state index contributed by atoms with van der Waals surface area (Å²) in [5.74, 6) is 0. The van der Waals surface area contributed by atoms with Gasteiger partial charge in [-0.05, 0) is 197 Å². The smallest absolute Gasteiger partial charge is 0.143 e. The molecule has 0 unspecified atom stereocenters. The fraction of sp³-hybridized carbons (Fsp3) is 0.333. The Hall–Kier alpha value is -7.18. The number of thiophene rings is 2. The van der Waals surface area contributed by atoms with Crippen molar-refractivity contribution in [1.82, 2.24) is 10.3 Å². The van der Waals surface area contributed by atoms with Crippen molar-refractivity contribution in [3.05, 3.63) is 211 Å². The molecule has 7 aromatic carbocycles. The summed E-state index contributed by atoms with van der Waals surface area (Å²) in [7, 11) is 0. The minimum absolute atomic E-state index is 0.0160. The second kappa shape index (κ2) is 27.2. The van der Waals surface area contributed by atoms with Gasteiger partial charge < -0.3 is 0 Å². The molecule has 0 fully saturated rings. The van der Waals surface area contributed by atoms with Crippen molar-refractivity contribution in [2.75, 3.05) is 0 Å². The molecule has 0 saturated heterocycles. The first-order valence-corrected chi connectivity index (χ1v) is 34.6. The van der Waals surface area contributed by atoms with Crippen LogP contribution in [0.1, 0.15) is 205 Å². The predicted molar refractivity (Wildman–Crippen MR) is 372 cm³/mol. The predicted octanol–water partition coefficient (Wildman–Crippen LogP) is 25.1. The second-order valence-corrected chi connectivity index (χ2v) is 26.9. The van der Waals surface area contributed by atoms with Gasteiger partial charge in [0, 0.05) is 31.7 Å². The van der Waals surface area contributed by atoms with Crippen molar-refractivity contribution in [1.29, 1.82) is 0 Å². The molecule has 2 aliphatic rings. The maximum Gasteiger partial charge on any atom is 0.143 e. The highest BCUT2D eigenvalue weighted by atomic mass is 32.1. The van der Waals surface area contributed by atoms with E-state index in [0.29, 0.717) is 0 Å². The third-order valence-electron chi connectivity index (χ3n) is 19.3. The zero-order valence-electron chi connectivity index (χ0n) is 51.7. The molecule has 0 N–H and O–H groups in total. The summed E-state index contributed by atoms with van der Waals surface area (Å²) in [6.45, 7) is 11.7. The number of nitrogens with zero attached hydrogens (tertiary/aromatic N) is 2. The Kier molecular flexibility index (Phi) is 18.7. The van der Waals surface area contributed by atoms with E-state index >= 15 is 0 Å². The molecule has 3 heterocycles. The van der Waals surface area contributed by atoms with Crippen molar-refractivity contribution in [3.63, 3.8) is 0 Å². The monoisotopic (exact) mass is 1170 g/mol. The Balaban J connectivity index is 1.03. The fourth-order valence-corrected chi connectivity index (χ4v) is 16.1. The van der Waals surface area contributed by atoms with Crippen LogP contribution >= 0.6 is 22.7 Å². The third-order valence-corrected chi connectivity index (χ3v) is 21.0. The third kappa shape index (κ3) is 12.0. The molecular formula is C81H86N2OS2. The van der Waals surface area contributed by atoms with Crippen LogP contribution in [0.5, 0.6) is 0 Å². The van der Waals surface area contributed by atoms with Gasteiger partial charge in [-0.1, -0.05) is 257 Å². The second-order valence-electron chi connectivity index (χ2n) is 24.9. The average Bonchev–Trinajstić information content (AvgIpc) is 1.87. The van der Waals surface area contributed by atoms with Crippen LogP contribution < -0.4 is 0 Å². The van der Waals surface area contributed by atoms with Gasteiger partial charge in [-0.2, -0.15) is 0 Å². The average molecular weight is 1170 g/mol. The molecule has 438 valence electrons. The van der Waals surface area contributed by atoms with E-state index in [4.69, 9.17) is 4.63 Å². The molecule has 12 rings (SSSR count). The minimum Gasteiger partial charge on any atom is -0.243 e. The van der Waals surface area contributed by atoms with Crippen molar-refractivity contribution in [2.24, 2.45) is 0 Å². The van der Waals surface area contributed by atoms with E-state index in [1.807, 2.05) is 0 Å². The van der Waals surface area contributed by atoms with Crippen LogP contribution in [0.25, 0.3) is 102 Å². The van der Waals surface area contributed by atoms with Crippen LogP contribution in [0.2, 0.25) is 0 Å². The Morgan fingerprint density at radius 2 is 0.733 bits per heavy atom. The van der Waals surface area contributed by atoms with Gasteiger partial charge in [-0.15, -0.1) is 22.7 Å². The highest BCUT2D eigenvalue weighted by molar-refractivity contribution is 7.11. The Labute approximate surface area is 521 Å². The van der Waals surface area contributed by atoms with Crippen LogP contribution in [0.15, 0.2) is 167 Å². The topological polar surface area (TPSA) is 38.9 Å². The molecule has 0 saturated carbocycles. The molecule has 5 heteroatoms. The van der Waals surface area contributed by atoms with Gasteiger partial charge in [0.25, 0.3) is 0 Å². The van der Waals surface area contributed by atoms with Gasteiger partial charge in [0.05, 0.1) is 0 Å².